The fourth-order valence-electron chi connectivity index (χ4n) is 1.12. The van der Waals surface area contributed by atoms with Crippen LogP contribution >= 0.6 is 27.3 Å². The molecule has 2 nitrogen and oxygen atoms in total. The standard InChI is InChI=1S/C9H5BrFNOS/c10-7-3-5(11)1-2-6(7)8-4-14-9(13)12-8/h1-4H,(H,12,13). The maximum Gasteiger partial charge on any atom is 0.304 e. The molecule has 1 N–H and O–H groups in total. The summed E-state index contributed by atoms with van der Waals surface area (Å²) in [6.45, 7) is 0. The van der Waals surface area contributed by atoms with Gasteiger partial charge < -0.3 is 4.98 Å². The van der Waals surface area contributed by atoms with E-state index in [9.17, 15) is 9.18 Å². The second-order valence-electron chi connectivity index (χ2n) is 2.69. The van der Waals surface area contributed by atoms with Gasteiger partial charge in [-0.25, -0.2) is 4.39 Å². The summed E-state index contributed by atoms with van der Waals surface area (Å²) in [5.74, 6) is -0.307. The number of nitrogens with one attached hydrogen (secondary N) is 1. The molecule has 0 saturated heterocycles. The first-order valence-electron chi connectivity index (χ1n) is 3.80. The van der Waals surface area contributed by atoms with E-state index in [0.29, 0.717) is 10.2 Å². The first kappa shape index (κ1) is 9.61. The molecule has 0 radical (unpaired) electrons. The summed E-state index contributed by atoms with van der Waals surface area (Å²) in [5.41, 5.74) is 1.48. The lowest BCUT2D eigenvalue weighted by molar-refractivity contribution is 0.627. The van der Waals surface area contributed by atoms with E-state index in [4.69, 9.17) is 0 Å². The van der Waals surface area contributed by atoms with Gasteiger partial charge in [-0.2, -0.15) is 0 Å². The number of hydrogen-bond acceptors (Lipinski definition) is 2. The van der Waals surface area contributed by atoms with Crippen molar-refractivity contribution < 1.29 is 4.39 Å². The normalized spacial score (nSPS) is 10.4. The molecule has 0 fully saturated rings. The molecule has 5 heteroatoms. The molecule has 0 spiro atoms. The Morgan fingerprint density at radius 1 is 1.43 bits per heavy atom. The van der Waals surface area contributed by atoms with Crippen LogP contribution in [0, 0.1) is 5.82 Å². The van der Waals surface area contributed by atoms with Crippen molar-refractivity contribution in [3.05, 3.63) is 43.5 Å². The van der Waals surface area contributed by atoms with E-state index >= 15 is 0 Å². The Labute approximate surface area is 91.5 Å². The number of benzene rings is 1. The van der Waals surface area contributed by atoms with Gasteiger partial charge in [0.1, 0.15) is 5.82 Å². The molecule has 72 valence electrons. The molecule has 0 aliphatic rings. The van der Waals surface area contributed by atoms with Gasteiger partial charge in [-0.3, -0.25) is 4.79 Å². The molecule has 1 aromatic carbocycles. The van der Waals surface area contributed by atoms with Gasteiger partial charge in [0.2, 0.25) is 0 Å². The summed E-state index contributed by atoms with van der Waals surface area (Å²) in [6.07, 6.45) is 0. The third-order valence-electron chi connectivity index (χ3n) is 1.74. The van der Waals surface area contributed by atoms with Crippen molar-refractivity contribution in [2.75, 3.05) is 0 Å². The minimum atomic E-state index is -0.307. The average molecular weight is 274 g/mol. The fourth-order valence-corrected chi connectivity index (χ4v) is 2.26. The number of thiazole rings is 1. The SMILES string of the molecule is O=c1[nH]c(-c2ccc(F)cc2Br)cs1. The Hall–Kier alpha value is -0.940. The minimum absolute atomic E-state index is 0.115. The Balaban J connectivity index is 2.57. The van der Waals surface area contributed by atoms with Crippen molar-refractivity contribution in [3.63, 3.8) is 0 Å². The number of rotatable bonds is 1. The molecule has 14 heavy (non-hydrogen) atoms. The third kappa shape index (κ3) is 1.78. The lowest BCUT2D eigenvalue weighted by Gasteiger charge is -2.00. The Kier molecular flexibility index (Phi) is 2.52. The minimum Gasteiger partial charge on any atom is -0.312 e. The highest BCUT2D eigenvalue weighted by Gasteiger charge is 2.05. The van der Waals surface area contributed by atoms with Gasteiger partial charge in [-0.15, -0.1) is 0 Å². The van der Waals surface area contributed by atoms with Gasteiger partial charge in [-0.1, -0.05) is 11.3 Å². The molecule has 0 aliphatic carbocycles. The molecule has 0 saturated carbocycles. The molecule has 1 heterocycles. The van der Waals surface area contributed by atoms with Gasteiger partial charge in [0.05, 0.1) is 5.69 Å². The zero-order valence-corrected chi connectivity index (χ0v) is 9.28. The van der Waals surface area contributed by atoms with Crippen LogP contribution < -0.4 is 4.87 Å². The molecule has 0 aliphatic heterocycles. The maximum atomic E-state index is 12.8. The number of aromatic amines is 1. The predicted molar refractivity (Wildman–Crippen MR) is 58.0 cm³/mol. The molecule has 2 aromatic rings. The van der Waals surface area contributed by atoms with E-state index in [1.54, 1.807) is 11.4 Å². The lowest BCUT2D eigenvalue weighted by atomic mass is 10.2. The molecule has 1 aromatic heterocycles. The van der Waals surface area contributed by atoms with E-state index in [1.807, 2.05) is 0 Å². The second-order valence-corrected chi connectivity index (χ2v) is 4.38. The molecule has 0 bridgehead atoms. The van der Waals surface area contributed by atoms with Gasteiger partial charge in [-0.05, 0) is 34.1 Å². The van der Waals surface area contributed by atoms with Crippen LogP contribution in [0.5, 0.6) is 0 Å². The maximum absolute atomic E-state index is 12.8. The highest BCUT2D eigenvalue weighted by Crippen LogP contribution is 2.27. The van der Waals surface area contributed by atoms with Gasteiger partial charge >= 0.3 is 4.87 Å². The monoisotopic (exact) mass is 273 g/mol. The smallest absolute Gasteiger partial charge is 0.304 e. The van der Waals surface area contributed by atoms with E-state index in [2.05, 4.69) is 20.9 Å². The van der Waals surface area contributed by atoms with Crippen molar-refractivity contribution in [3.8, 4) is 11.3 Å². The van der Waals surface area contributed by atoms with Crippen molar-refractivity contribution >= 4 is 27.3 Å². The summed E-state index contributed by atoms with van der Waals surface area (Å²) >= 11 is 4.32. The van der Waals surface area contributed by atoms with Gasteiger partial charge in [0.25, 0.3) is 0 Å². The largest absolute Gasteiger partial charge is 0.312 e. The van der Waals surface area contributed by atoms with Crippen LogP contribution in [0.25, 0.3) is 11.3 Å². The summed E-state index contributed by atoms with van der Waals surface area (Å²) < 4.78 is 13.4. The quantitative estimate of drug-likeness (QED) is 0.851. The molecule has 0 atom stereocenters. The van der Waals surface area contributed by atoms with Crippen LogP contribution in [0.2, 0.25) is 0 Å². The van der Waals surface area contributed by atoms with Crippen LogP contribution in [-0.4, -0.2) is 4.98 Å². The molecular formula is C9H5BrFNOS. The van der Waals surface area contributed by atoms with E-state index < -0.39 is 0 Å². The average Bonchev–Trinajstić information content (AvgIpc) is 2.51. The molecular weight excluding hydrogens is 269 g/mol. The molecule has 2 rings (SSSR count). The van der Waals surface area contributed by atoms with Crippen molar-refractivity contribution in [1.29, 1.82) is 0 Å². The number of aromatic nitrogens is 1. The second kappa shape index (κ2) is 3.67. The van der Waals surface area contributed by atoms with Gasteiger partial charge in [0, 0.05) is 15.4 Å². The van der Waals surface area contributed by atoms with Crippen LogP contribution in [-0.2, 0) is 0 Å². The van der Waals surface area contributed by atoms with Crippen molar-refractivity contribution in [1.82, 2.24) is 4.98 Å². The third-order valence-corrected chi connectivity index (χ3v) is 3.07. The molecule has 0 unspecified atom stereocenters. The fraction of sp³-hybridized carbons (Fsp3) is 0. The Morgan fingerprint density at radius 3 is 2.79 bits per heavy atom. The Morgan fingerprint density at radius 2 is 2.21 bits per heavy atom. The van der Waals surface area contributed by atoms with Crippen LogP contribution in [0.3, 0.4) is 0 Å². The van der Waals surface area contributed by atoms with Crippen molar-refractivity contribution in [2.24, 2.45) is 0 Å². The van der Waals surface area contributed by atoms with E-state index in [-0.39, 0.29) is 10.7 Å². The number of hydrogen-bond donors (Lipinski definition) is 1. The first-order chi connectivity index (χ1) is 6.66. The van der Waals surface area contributed by atoms with Crippen molar-refractivity contribution in [2.45, 2.75) is 0 Å². The predicted octanol–water partition coefficient (Wildman–Crippen LogP) is 3.01. The molecule has 0 amide bonds. The zero-order chi connectivity index (χ0) is 10.1. The summed E-state index contributed by atoms with van der Waals surface area (Å²) in [6, 6.07) is 4.35. The van der Waals surface area contributed by atoms with Crippen LogP contribution in [0.1, 0.15) is 0 Å². The van der Waals surface area contributed by atoms with E-state index in [1.165, 1.54) is 12.1 Å². The summed E-state index contributed by atoms with van der Waals surface area (Å²) in [4.78, 5) is 13.5. The summed E-state index contributed by atoms with van der Waals surface area (Å²) in [7, 11) is 0. The van der Waals surface area contributed by atoms with Gasteiger partial charge in [0.15, 0.2) is 0 Å². The van der Waals surface area contributed by atoms with E-state index in [0.717, 1.165) is 16.9 Å². The summed E-state index contributed by atoms with van der Waals surface area (Å²) in [5, 5.41) is 1.71. The highest BCUT2D eigenvalue weighted by molar-refractivity contribution is 9.10. The number of H-pyrrole nitrogens is 1. The topological polar surface area (TPSA) is 32.9 Å². The Bertz CT molecular complexity index is 520. The van der Waals surface area contributed by atoms with Crippen LogP contribution in [0.15, 0.2) is 32.8 Å². The zero-order valence-electron chi connectivity index (χ0n) is 6.88. The highest BCUT2D eigenvalue weighted by atomic mass is 79.9. The lowest BCUT2D eigenvalue weighted by Crippen LogP contribution is -1.92. The number of halogens is 2. The first-order valence-corrected chi connectivity index (χ1v) is 5.47. The van der Waals surface area contributed by atoms with Crippen LogP contribution in [0.4, 0.5) is 4.39 Å².